The Morgan fingerprint density at radius 1 is 1.18 bits per heavy atom. The van der Waals surface area contributed by atoms with Crippen LogP contribution >= 0.6 is 0 Å². The maximum absolute atomic E-state index is 10.8. The van der Waals surface area contributed by atoms with E-state index in [1.165, 1.54) is 5.06 Å². The van der Waals surface area contributed by atoms with Crippen molar-refractivity contribution in [1.29, 1.82) is 0 Å². The summed E-state index contributed by atoms with van der Waals surface area (Å²) in [6, 6.07) is 0. The monoisotopic (exact) mass is 315 g/mol. The molecule has 22 heavy (non-hydrogen) atoms. The number of aliphatic hydroxyl groups is 1. The SMILES string of the molecule is C=C(C)C(=O)OC(C)(C)C.CC1(C)CC(O)CC(C)(C)N1O. The molecule has 0 atom stereocenters. The summed E-state index contributed by atoms with van der Waals surface area (Å²) in [4.78, 5) is 10.8. The molecule has 0 bridgehead atoms. The van der Waals surface area contributed by atoms with Crippen molar-refractivity contribution < 1.29 is 19.8 Å². The summed E-state index contributed by atoms with van der Waals surface area (Å²) in [5.74, 6) is -0.326. The summed E-state index contributed by atoms with van der Waals surface area (Å²) in [6.45, 7) is 18.3. The molecular formula is C17H33NO4. The van der Waals surface area contributed by atoms with Gasteiger partial charge in [0.2, 0.25) is 0 Å². The maximum atomic E-state index is 10.8. The molecule has 1 aliphatic rings. The Balaban J connectivity index is 0.000000409. The van der Waals surface area contributed by atoms with Crippen LogP contribution in [0.5, 0.6) is 0 Å². The number of rotatable bonds is 1. The molecule has 1 rings (SSSR count). The highest BCUT2D eigenvalue weighted by atomic mass is 16.6. The van der Waals surface area contributed by atoms with Crippen molar-refractivity contribution in [2.24, 2.45) is 0 Å². The Morgan fingerprint density at radius 3 is 1.77 bits per heavy atom. The van der Waals surface area contributed by atoms with Crippen LogP contribution in [0, 0.1) is 0 Å². The minimum absolute atomic E-state index is 0.293. The van der Waals surface area contributed by atoms with E-state index in [1.54, 1.807) is 6.92 Å². The number of carbonyl (C=O) groups is 1. The first-order valence-corrected chi connectivity index (χ1v) is 7.64. The van der Waals surface area contributed by atoms with Crippen molar-refractivity contribution in [3.8, 4) is 0 Å². The molecule has 2 N–H and O–H groups in total. The molecule has 0 aromatic heterocycles. The van der Waals surface area contributed by atoms with Crippen molar-refractivity contribution >= 4 is 5.97 Å². The lowest BCUT2D eigenvalue weighted by molar-refractivity contribution is -0.257. The molecule has 5 heteroatoms. The van der Waals surface area contributed by atoms with Gasteiger partial charge in [-0.15, -0.1) is 0 Å². The predicted molar refractivity (Wildman–Crippen MR) is 87.7 cm³/mol. The molecule has 0 saturated carbocycles. The van der Waals surface area contributed by atoms with Gasteiger partial charge in [-0.1, -0.05) is 6.58 Å². The van der Waals surface area contributed by atoms with E-state index in [0.29, 0.717) is 18.4 Å². The van der Waals surface area contributed by atoms with Crippen LogP contribution in [0.15, 0.2) is 12.2 Å². The molecule has 0 spiro atoms. The molecule has 1 saturated heterocycles. The van der Waals surface area contributed by atoms with E-state index >= 15 is 0 Å². The Kier molecular flexibility index (Phi) is 6.82. The fourth-order valence-electron chi connectivity index (χ4n) is 2.58. The van der Waals surface area contributed by atoms with Crippen LogP contribution in [0.2, 0.25) is 0 Å². The highest BCUT2D eigenvalue weighted by Gasteiger charge is 2.44. The van der Waals surface area contributed by atoms with Crippen LogP contribution in [0.25, 0.3) is 0 Å². The predicted octanol–water partition coefficient (Wildman–Crippen LogP) is 3.29. The first-order chi connectivity index (χ1) is 9.58. The van der Waals surface area contributed by atoms with Gasteiger partial charge in [0.15, 0.2) is 0 Å². The molecule has 1 aliphatic heterocycles. The quantitative estimate of drug-likeness (QED) is 0.574. The molecule has 5 nitrogen and oxygen atoms in total. The number of esters is 1. The van der Waals surface area contributed by atoms with Crippen LogP contribution in [0.3, 0.4) is 0 Å². The summed E-state index contributed by atoms with van der Waals surface area (Å²) >= 11 is 0. The van der Waals surface area contributed by atoms with Crippen LogP contribution in [0.4, 0.5) is 0 Å². The molecule has 1 fully saturated rings. The zero-order valence-electron chi connectivity index (χ0n) is 15.4. The third-order valence-electron chi connectivity index (χ3n) is 3.36. The Labute approximate surface area is 134 Å². The number of piperidine rings is 1. The first kappa shape index (κ1) is 21.1. The molecule has 0 aromatic rings. The number of hydroxylamine groups is 2. The van der Waals surface area contributed by atoms with Crippen LogP contribution < -0.4 is 0 Å². The smallest absolute Gasteiger partial charge is 0.333 e. The lowest BCUT2D eigenvalue weighted by atomic mass is 9.80. The van der Waals surface area contributed by atoms with Crippen molar-refractivity contribution in [1.82, 2.24) is 5.06 Å². The van der Waals surface area contributed by atoms with Crippen molar-refractivity contribution in [2.45, 2.75) is 91.0 Å². The second-order valence-electron chi connectivity index (χ2n) is 8.28. The van der Waals surface area contributed by atoms with Gasteiger partial charge in [-0.25, -0.2) is 4.79 Å². The second kappa shape index (κ2) is 7.11. The third-order valence-corrected chi connectivity index (χ3v) is 3.36. The molecule has 0 amide bonds. The lowest BCUT2D eigenvalue weighted by Crippen LogP contribution is -2.60. The Morgan fingerprint density at radius 2 is 1.55 bits per heavy atom. The van der Waals surface area contributed by atoms with Gasteiger partial charge in [0, 0.05) is 16.7 Å². The minimum atomic E-state index is -0.407. The molecule has 1 heterocycles. The number of aliphatic hydroxyl groups excluding tert-OH is 1. The molecule has 130 valence electrons. The van der Waals surface area contributed by atoms with Crippen LogP contribution in [-0.2, 0) is 9.53 Å². The van der Waals surface area contributed by atoms with Gasteiger partial charge in [-0.05, 0) is 68.2 Å². The summed E-state index contributed by atoms with van der Waals surface area (Å²) in [6.07, 6.45) is 0.971. The highest BCUT2D eigenvalue weighted by Crippen LogP contribution is 2.36. The summed E-state index contributed by atoms with van der Waals surface area (Å²) in [5.41, 5.74) is -0.604. The zero-order chi connectivity index (χ0) is 17.9. The Hall–Kier alpha value is -0.910. The third kappa shape index (κ3) is 6.90. The van der Waals surface area contributed by atoms with Crippen molar-refractivity contribution in [2.75, 3.05) is 0 Å². The lowest BCUT2D eigenvalue weighted by Gasteiger charge is -2.50. The molecular weight excluding hydrogens is 282 g/mol. The maximum Gasteiger partial charge on any atom is 0.333 e. The fraction of sp³-hybridized carbons (Fsp3) is 0.824. The van der Waals surface area contributed by atoms with E-state index < -0.39 is 5.60 Å². The standard InChI is InChI=1S/C9H19NO2.C8H14O2/c1-8(2)5-7(11)6-9(3,4)10(8)12;1-6(2)7(9)10-8(3,4)5/h7,11-12H,5-6H2,1-4H3;1H2,2-5H3. The fourth-order valence-corrected chi connectivity index (χ4v) is 2.58. The first-order valence-electron chi connectivity index (χ1n) is 7.64. The topological polar surface area (TPSA) is 70.0 Å². The van der Waals surface area contributed by atoms with Crippen molar-refractivity contribution in [3.63, 3.8) is 0 Å². The van der Waals surface area contributed by atoms with E-state index in [-0.39, 0.29) is 23.2 Å². The number of nitrogens with zero attached hydrogens (tertiary/aromatic N) is 1. The second-order valence-corrected chi connectivity index (χ2v) is 8.28. The number of hydrogen-bond acceptors (Lipinski definition) is 5. The van der Waals surface area contributed by atoms with E-state index in [4.69, 9.17) is 4.74 Å². The van der Waals surface area contributed by atoms with E-state index in [1.807, 2.05) is 48.5 Å². The van der Waals surface area contributed by atoms with Crippen LogP contribution in [0.1, 0.15) is 68.2 Å². The van der Waals surface area contributed by atoms with E-state index in [9.17, 15) is 15.1 Å². The largest absolute Gasteiger partial charge is 0.457 e. The number of carbonyl (C=O) groups excluding carboxylic acids is 1. The van der Waals surface area contributed by atoms with Crippen molar-refractivity contribution in [3.05, 3.63) is 12.2 Å². The van der Waals surface area contributed by atoms with Gasteiger partial charge in [-0.3, -0.25) is 0 Å². The normalized spacial score (nSPS) is 21.5. The average molecular weight is 315 g/mol. The van der Waals surface area contributed by atoms with Gasteiger partial charge < -0.3 is 15.1 Å². The van der Waals surface area contributed by atoms with Gasteiger partial charge in [0.05, 0.1) is 6.10 Å². The van der Waals surface area contributed by atoms with E-state index in [2.05, 4.69) is 6.58 Å². The molecule has 0 radical (unpaired) electrons. The van der Waals surface area contributed by atoms with Gasteiger partial charge in [0.25, 0.3) is 0 Å². The van der Waals surface area contributed by atoms with Gasteiger partial charge in [0.1, 0.15) is 5.60 Å². The highest BCUT2D eigenvalue weighted by molar-refractivity contribution is 5.87. The average Bonchev–Trinajstić information content (AvgIpc) is 2.22. The summed E-state index contributed by atoms with van der Waals surface area (Å²) in [7, 11) is 0. The molecule has 0 aromatic carbocycles. The zero-order valence-corrected chi connectivity index (χ0v) is 15.4. The van der Waals surface area contributed by atoms with Gasteiger partial charge in [-0.2, -0.15) is 5.06 Å². The van der Waals surface area contributed by atoms with Crippen LogP contribution in [-0.4, -0.2) is 44.1 Å². The summed E-state index contributed by atoms with van der Waals surface area (Å²) in [5, 5.41) is 20.7. The van der Waals surface area contributed by atoms with Gasteiger partial charge >= 0.3 is 5.97 Å². The Bertz CT molecular complexity index is 389. The molecule has 0 aliphatic carbocycles. The number of ether oxygens (including phenoxy) is 1. The summed E-state index contributed by atoms with van der Waals surface area (Å²) < 4.78 is 4.96. The van der Waals surface area contributed by atoms with E-state index in [0.717, 1.165) is 0 Å². The minimum Gasteiger partial charge on any atom is -0.457 e. The molecule has 0 unspecified atom stereocenters. The number of hydrogen-bond donors (Lipinski definition) is 2.